The minimum Gasteiger partial charge on any atom is -0.428 e. The van der Waals surface area contributed by atoms with Gasteiger partial charge in [-0.25, -0.2) is 0 Å². The van der Waals surface area contributed by atoms with Gasteiger partial charge in [-0.3, -0.25) is 0 Å². The van der Waals surface area contributed by atoms with Crippen LogP contribution in [0.3, 0.4) is 0 Å². The van der Waals surface area contributed by atoms with E-state index in [9.17, 15) is 17.6 Å². The predicted octanol–water partition coefficient (Wildman–Crippen LogP) is 4.22. The molecule has 0 saturated carbocycles. The summed E-state index contributed by atoms with van der Waals surface area (Å²) >= 11 is 0. The van der Waals surface area contributed by atoms with Gasteiger partial charge in [-0.1, -0.05) is 24.6 Å². The van der Waals surface area contributed by atoms with Crippen LogP contribution in [0, 0.1) is 0 Å². The molecule has 1 fully saturated rings. The van der Waals surface area contributed by atoms with E-state index in [4.69, 9.17) is 0 Å². The van der Waals surface area contributed by atoms with Crippen LogP contribution in [0.25, 0.3) is 5.57 Å². The Morgan fingerprint density at radius 2 is 2.05 bits per heavy atom. The summed E-state index contributed by atoms with van der Waals surface area (Å²) in [5.74, 6) is -0.243. The number of hydrogen-bond acceptors (Lipinski definition) is 2. The Hall–Kier alpha value is -1.56. The molecular weight excluding hydrogens is 298 g/mol. The molecule has 2 heterocycles. The molecule has 1 N–H and O–H groups in total. The fraction of sp³-hybridized carbons (Fsp3) is 0.500. The number of halogens is 4. The van der Waals surface area contributed by atoms with Gasteiger partial charge in [0.1, 0.15) is 5.75 Å². The molecule has 0 spiro atoms. The van der Waals surface area contributed by atoms with Gasteiger partial charge >= 0.3 is 12.5 Å². The van der Waals surface area contributed by atoms with Crippen molar-refractivity contribution >= 4 is 5.57 Å². The standard InChI is InChI=1S/C16H17F4NO/c17-15(18)16(19,20)22-14-6-1-3-10(9-14)11-7-12-4-2-5-13(8-11)21-12/h1,3,6-7,9,12-13,15,21H,2,4-5,8H2. The highest BCUT2D eigenvalue weighted by Crippen LogP contribution is 2.34. The molecule has 2 atom stereocenters. The number of benzene rings is 1. The number of hydrogen-bond donors (Lipinski definition) is 1. The largest absolute Gasteiger partial charge is 0.461 e. The van der Waals surface area contributed by atoms with Crippen molar-refractivity contribution in [1.29, 1.82) is 0 Å². The molecule has 22 heavy (non-hydrogen) atoms. The van der Waals surface area contributed by atoms with Crippen LogP contribution >= 0.6 is 0 Å². The average molecular weight is 315 g/mol. The van der Waals surface area contributed by atoms with Gasteiger partial charge in [-0.05, 0) is 42.5 Å². The molecule has 2 unspecified atom stereocenters. The van der Waals surface area contributed by atoms with Crippen molar-refractivity contribution < 1.29 is 22.3 Å². The summed E-state index contributed by atoms with van der Waals surface area (Å²) in [6.45, 7) is 0. The third-order valence-electron chi connectivity index (χ3n) is 4.10. The maximum atomic E-state index is 13.0. The van der Waals surface area contributed by atoms with E-state index in [-0.39, 0.29) is 5.75 Å². The fourth-order valence-electron chi connectivity index (χ4n) is 3.10. The smallest absolute Gasteiger partial charge is 0.428 e. The van der Waals surface area contributed by atoms with Crippen LogP contribution in [0.15, 0.2) is 30.3 Å². The first-order chi connectivity index (χ1) is 10.4. The lowest BCUT2D eigenvalue weighted by atomic mass is 9.85. The van der Waals surface area contributed by atoms with Crippen LogP contribution in [0.4, 0.5) is 17.6 Å². The second-order valence-corrected chi connectivity index (χ2v) is 5.79. The first-order valence-corrected chi connectivity index (χ1v) is 7.36. The second kappa shape index (κ2) is 5.91. The van der Waals surface area contributed by atoms with Gasteiger partial charge in [0.05, 0.1) is 0 Å². The van der Waals surface area contributed by atoms with Crippen LogP contribution in [0.2, 0.25) is 0 Å². The molecule has 2 bridgehead atoms. The lowest BCUT2D eigenvalue weighted by molar-refractivity contribution is -0.253. The van der Waals surface area contributed by atoms with Gasteiger partial charge < -0.3 is 10.1 Å². The van der Waals surface area contributed by atoms with Gasteiger partial charge in [0.15, 0.2) is 0 Å². The van der Waals surface area contributed by atoms with Crippen molar-refractivity contribution in [3.63, 3.8) is 0 Å². The van der Waals surface area contributed by atoms with E-state index >= 15 is 0 Å². The van der Waals surface area contributed by atoms with Gasteiger partial charge in [0.25, 0.3) is 0 Å². The molecule has 0 aliphatic carbocycles. The minimum atomic E-state index is -4.47. The molecule has 0 amide bonds. The van der Waals surface area contributed by atoms with Gasteiger partial charge in [0, 0.05) is 12.1 Å². The summed E-state index contributed by atoms with van der Waals surface area (Å²) in [6, 6.07) is 6.71. The zero-order chi connectivity index (χ0) is 15.7. The fourth-order valence-corrected chi connectivity index (χ4v) is 3.10. The first-order valence-electron chi connectivity index (χ1n) is 7.36. The number of nitrogens with one attached hydrogen (secondary N) is 1. The van der Waals surface area contributed by atoms with Crippen LogP contribution in [-0.2, 0) is 0 Å². The van der Waals surface area contributed by atoms with Gasteiger partial charge in [-0.15, -0.1) is 0 Å². The molecule has 0 aromatic heterocycles. The maximum absolute atomic E-state index is 13.0. The lowest BCUT2D eigenvalue weighted by Crippen LogP contribution is -2.44. The van der Waals surface area contributed by atoms with Crippen molar-refractivity contribution in [2.75, 3.05) is 0 Å². The first kappa shape index (κ1) is 15.3. The summed E-state index contributed by atoms with van der Waals surface area (Å²) in [5, 5.41) is 3.49. The highest BCUT2D eigenvalue weighted by molar-refractivity contribution is 5.68. The van der Waals surface area contributed by atoms with Crippen LogP contribution < -0.4 is 10.1 Å². The lowest BCUT2D eigenvalue weighted by Gasteiger charge is -2.35. The number of piperidine rings is 1. The average Bonchev–Trinajstić information content (AvgIpc) is 2.46. The van der Waals surface area contributed by atoms with Crippen LogP contribution in [0.1, 0.15) is 31.2 Å². The maximum Gasteiger partial charge on any atom is 0.461 e. The summed E-state index contributed by atoms with van der Waals surface area (Å²) in [4.78, 5) is 0. The Balaban J connectivity index is 1.81. The Labute approximate surface area is 126 Å². The van der Waals surface area contributed by atoms with E-state index in [0.717, 1.165) is 30.4 Å². The molecule has 0 radical (unpaired) electrons. The van der Waals surface area contributed by atoms with Crippen molar-refractivity contribution in [2.45, 2.75) is 50.3 Å². The molecule has 1 aromatic carbocycles. The molecule has 120 valence electrons. The van der Waals surface area contributed by atoms with E-state index in [2.05, 4.69) is 16.1 Å². The van der Waals surface area contributed by atoms with Crippen molar-refractivity contribution in [1.82, 2.24) is 5.32 Å². The summed E-state index contributed by atoms with van der Waals surface area (Å²) in [6.07, 6.45) is -2.10. The van der Waals surface area contributed by atoms with Crippen LogP contribution in [-0.4, -0.2) is 24.6 Å². The molecule has 6 heteroatoms. The third kappa shape index (κ3) is 3.27. The van der Waals surface area contributed by atoms with E-state index in [1.807, 2.05) is 0 Å². The van der Waals surface area contributed by atoms with Gasteiger partial charge in [0.2, 0.25) is 0 Å². The molecule has 2 nitrogen and oxygen atoms in total. The topological polar surface area (TPSA) is 21.3 Å². The molecule has 3 rings (SSSR count). The van der Waals surface area contributed by atoms with Gasteiger partial charge in [-0.2, -0.15) is 17.6 Å². The molecular formula is C16H17F4NO. The van der Waals surface area contributed by atoms with E-state index in [0.29, 0.717) is 12.1 Å². The number of fused-ring (bicyclic) bond motifs is 2. The highest BCUT2D eigenvalue weighted by atomic mass is 19.3. The monoisotopic (exact) mass is 315 g/mol. The highest BCUT2D eigenvalue weighted by Gasteiger charge is 2.44. The minimum absolute atomic E-state index is 0.243. The Bertz CT molecular complexity index is 573. The van der Waals surface area contributed by atoms with Crippen molar-refractivity contribution in [2.24, 2.45) is 0 Å². The van der Waals surface area contributed by atoms with Crippen molar-refractivity contribution in [3.8, 4) is 5.75 Å². The quantitative estimate of drug-likeness (QED) is 0.840. The van der Waals surface area contributed by atoms with Crippen molar-refractivity contribution in [3.05, 3.63) is 35.9 Å². The van der Waals surface area contributed by atoms with E-state index in [1.165, 1.54) is 18.6 Å². The summed E-state index contributed by atoms with van der Waals surface area (Å²) in [7, 11) is 0. The van der Waals surface area contributed by atoms with Crippen LogP contribution in [0.5, 0.6) is 5.75 Å². The third-order valence-corrected chi connectivity index (χ3v) is 4.10. The Morgan fingerprint density at radius 1 is 1.23 bits per heavy atom. The summed E-state index contributed by atoms with van der Waals surface area (Å²) in [5.41, 5.74) is 1.81. The number of rotatable bonds is 4. The number of ether oxygens (including phenoxy) is 1. The Kier molecular flexibility index (Phi) is 4.12. The predicted molar refractivity (Wildman–Crippen MR) is 75.2 cm³/mol. The molecule has 2 aliphatic rings. The summed E-state index contributed by atoms with van der Waals surface area (Å²) < 4.78 is 54.6. The normalized spacial score (nSPS) is 25.0. The molecule has 1 saturated heterocycles. The molecule has 1 aromatic rings. The molecule has 2 aliphatic heterocycles. The zero-order valence-electron chi connectivity index (χ0n) is 11.9. The SMILES string of the molecule is FC(F)C(F)(F)Oc1cccc(C2=CC3CCCC(C2)N3)c1. The second-order valence-electron chi connectivity index (χ2n) is 5.79. The van der Waals surface area contributed by atoms with E-state index < -0.39 is 12.5 Å². The van der Waals surface area contributed by atoms with E-state index in [1.54, 1.807) is 12.1 Å². The zero-order valence-corrected chi connectivity index (χ0v) is 11.9. The Morgan fingerprint density at radius 3 is 2.77 bits per heavy atom. The number of alkyl halides is 4.